The van der Waals surface area contributed by atoms with E-state index in [4.69, 9.17) is 5.26 Å². The van der Waals surface area contributed by atoms with Gasteiger partial charge in [0.25, 0.3) is 0 Å². The van der Waals surface area contributed by atoms with E-state index in [1.165, 1.54) is 6.21 Å². The molecule has 0 rings (SSSR count). The molecule has 0 aromatic heterocycles. The Kier molecular flexibility index (Phi) is 4.56. The smallest absolute Gasteiger partial charge is 0.100 e. The summed E-state index contributed by atoms with van der Waals surface area (Å²) in [6.07, 6.45) is 3.22. The first kappa shape index (κ1) is 7.63. The first-order chi connectivity index (χ1) is 3.85. The molecule has 0 saturated heterocycles. The molecule has 0 amide bonds. The van der Waals surface area contributed by atoms with E-state index >= 15 is 0 Å². The van der Waals surface area contributed by atoms with Gasteiger partial charge in [-0.05, 0) is 6.92 Å². The Morgan fingerprint density at radius 2 is 2.50 bits per heavy atom. The molecule has 0 fully saturated rings. The lowest BCUT2D eigenvalue weighted by molar-refractivity contribution is 1.51. The summed E-state index contributed by atoms with van der Waals surface area (Å²) in [6, 6.07) is 1.96. The zero-order valence-electron chi connectivity index (χ0n) is 4.43. The molecule has 0 aromatic rings. The molecule has 3 heteroatoms. The van der Waals surface area contributed by atoms with Gasteiger partial charge < -0.3 is 0 Å². The molecule has 0 heterocycles. The van der Waals surface area contributed by atoms with Crippen molar-refractivity contribution in [3.8, 4) is 6.07 Å². The molecule has 0 aliphatic heterocycles. The fourth-order valence-corrected chi connectivity index (χ4v) is 0.521. The summed E-state index contributed by atoms with van der Waals surface area (Å²) < 4.78 is 3.63. The highest BCUT2D eigenvalue weighted by molar-refractivity contribution is 14.1. The van der Waals surface area contributed by atoms with Crippen LogP contribution in [0.25, 0.3) is 0 Å². The predicted octanol–water partition coefficient (Wildman–Crippen LogP) is 1.88. The molecular formula is C5H5IN2. The third-order valence-corrected chi connectivity index (χ3v) is 0.907. The molecule has 0 spiro atoms. The summed E-state index contributed by atoms with van der Waals surface area (Å²) >= 11 is 1.83. The van der Waals surface area contributed by atoms with E-state index in [0.717, 1.165) is 0 Å². The van der Waals surface area contributed by atoms with Gasteiger partial charge in [-0.25, -0.2) is 3.21 Å². The van der Waals surface area contributed by atoms with Crippen LogP contribution in [-0.2, 0) is 0 Å². The lowest BCUT2D eigenvalue weighted by Crippen LogP contribution is -1.74. The first-order valence-corrected chi connectivity index (χ1v) is 3.02. The highest BCUT2D eigenvalue weighted by Gasteiger charge is 1.81. The number of halogens is 1. The quantitative estimate of drug-likeness (QED) is 0.377. The monoisotopic (exact) mass is 220 g/mol. The standard InChI is InChI=1S/C5H5IN2/c1-2-5(3-7)4-8-6/h2,4H,1H3/b5-2-,8-4?. The molecule has 2 nitrogen and oxygen atoms in total. The van der Waals surface area contributed by atoms with Gasteiger partial charge in [0.2, 0.25) is 0 Å². The normalized spacial score (nSPS) is 11.9. The van der Waals surface area contributed by atoms with Crippen LogP contribution in [0.15, 0.2) is 14.9 Å². The third kappa shape index (κ3) is 2.75. The zero-order chi connectivity index (χ0) is 6.41. The Labute approximate surface area is 62.4 Å². The van der Waals surface area contributed by atoms with Gasteiger partial charge >= 0.3 is 0 Å². The van der Waals surface area contributed by atoms with E-state index in [2.05, 4.69) is 3.21 Å². The zero-order valence-corrected chi connectivity index (χ0v) is 6.58. The van der Waals surface area contributed by atoms with Gasteiger partial charge in [0.15, 0.2) is 0 Å². The molecule has 0 unspecified atom stereocenters. The van der Waals surface area contributed by atoms with E-state index in [-0.39, 0.29) is 0 Å². The Balaban J connectivity index is 3.98. The average molecular weight is 220 g/mol. The lowest BCUT2D eigenvalue weighted by Gasteiger charge is -1.76. The highest BCUT2D eigenvalue weighted by Crippen LogP contribution is 1.88. The van der Waals surface area contributed by atoms with Gasteiger partial charge in [-0.15, -0.1) is 0 Å². The number of nitrogens with zero attached hydrogens (tertiary/aromatic N) is 2. The summed E-state index contributed by atoms with van der Waals surface area (Å²) in [5.74, 6) is 0. The van der Waals surface area contributed by atoms with Gasteiger partial charge in [-0.1, -0.05) is 6.08 Å². The van der Waals surface area contributed by atoms with E-state index in [9.17, 15) is 0 Å². The van der Waals surface area contributed by atoms with Crippen LogP contribution in [0, 0.1) is 11.3 Å². The molecule has 42 valence electrons. The molecule has 0 aromatic carbocycles. The van der Waals surface area contributed by atoms with E-state index in [0.29, 0.717) is 5.57 Å². The fraction of sp³-hybridized carbons (Fsp3) is 0.200. The van der Waals surface area contributed by atoms with Crippen LogP contribution in [0.3, 0.4) is 0 Å². The van der Waals surface area contributed by atoms with Crippen LogP contribution < -0.4 is 0 Å². The Morgan fingerprint density at radius 1 is 1.88 bits per heavy atom. The number of hydrogen-bond acceptors (Lipinski definition) is 2. The maximum atomic E-state index is 8.24. The molecule has 0 atom stereocenters. The summed E-state index contributed by atoms with van der Waals surface area (Å²) in [5, 5.41) is 8.24. The molecule has 0 radical (unpaired) electrons. The van der Waals surface area contributed by atoms with Crippen LogP contribution >= 0.6 is 22.9 Å². The lowest BCUT2D eigenvalue weighted by atomic mass is 10.3. The molecule has 8 heavy (non-hydrogen) atoms. The average Bonchev–Trinajstić information content (AvgIpc) is 1.83. The van der Waals surface area contributed by atoms with Crippen molar-refractivity contribution >= 4 is 29.1 Å². The second-order valence-corrected chi connectivity index (χ2v) is 1.64. The summed E-state index contributed by atoms with van der Waals surface area (Å²) in [4.78, 5) is 0. The van der Waals surface area contributed by atoms with E-state index < -0.39 is 0 Å². The van der Waals surface area contributed by atoms with E-state index in [1.54, 1.807) is 13.0 Å². The van der Waals surface area contributed by atoms with Crippen LogP contribution in [0.2, 0.25) is 0 Å². The van der Waals surface area contributed by atoms with Gasteiger partial charge in [-0.2, -0.15) is 5.26 Å². The highest BCUT2D eigenvalue weighted by atomic mass is 127. The van der Waals surface area contributed by atoms with Crippen LogP contribution in [-0.4, -0.2) is 6.21 Å². The topological polar surface area (TPSA) is 36.1 Å². The fourth-order valence-electron chi connectivity index (χ4n) is 0.221. The van der Waals surface area contributed by atoms with Crippen LogP contribution in [0.4, 0.5) is 0 Å². The minimum absolute atomic E-state index is 0.597. The first-order valence-electron chi connectivity index (χ1n) is 2.06. The van der Waals surface area contributed by atoms with Crippen molar-refractivity contribution in [1.29, 1.82) is 5.26 Å². The summed E-state index contributed by atoms with van der Waals surface area (Å²) in [7, 11) is 0. The molecular weight excluding hydrogens is 215 g/mol. The molecule has 0 aliphatic carbocycles. The van der Waals surface area contributed by atoms with Gasteiger partial charge in [0, 0.05) is 0 Å². The van der Waals surface area contributed by atoms with Crippen molar-refractivity contribution in [3.05, 3.63) is 11.6 Å². The number of rotatable bonds is 1. The van der Waals surface area contributed by atoms with Gasteiger partial charge in [0.1, 0.15) is 6.07 Å². The van der Waals surface area contributed by atoms with Gasteiger partial charge in [-0.3, -0.25) is 0 Å². The van der Waals surface area contributed by atoms with Crippen molar-refractivity contribution in [3.63, 3.8) is 0 Å². The van der Waals surface area contributed by atoms with Crippen LogP contribution in [0.1, 0.15) is 6.92 Å². The second-order valence-electron chi connectivity index (χ2n) is 1.08. The Morgan fingerprint density at radius 3 is 2.62 bits per heavy atom. The SMILES string of the molecule is C/C=C(/C#N)C=NI. The maximum absolute atomic E-state index is 8.24. The third-order valence-electron chi connectivity index (χ3n) is 0.628. The van der Waals surface area contributed by atoms with Crippen molar-refractivity contribution in [1.82, 2.24) is 0 Å². The molecule has 0 bridgehead atoms. The minimum Gasteiger partial charge on any atom is -0.222 e. The number of nitriles is 1. The van der Waals surface area contributed by atoms with Crippen LogP contribution in [0.5, 0.6) is 0 Å². The maximum Gasteiger partial charge on any atom is 0.100 e. The van der Waals surface area contributed by atoms with Crippen molar-refractivity contribution < 1.29 is 0 Å². The van der Waals surface area contributed by atoms with E-state index in [1.807, 2.05) is 28.9 Å². The number of allylic oxidation sites excluding steroid dienone is 2. The van der Waals surface area contributed by atoms with Crippen molar-refractivity contribution in [2.45, 2.75) is 6.92 Å². The minimum atomic E-state index is 0.597. The molecule has 0 saturated carbocycles. The summed E-state index contributed by atoms with van der Waals surface area (Å²) in [5.41, 5.74) is 0.597. The van der Waals surface area contributed by atoms with Gasteiger partial charge in [0.05, 0.1) is 34.7 Å². The number of hydrogen-bond donors (Lipinski definition) is 0. The Bertz CT molecular complexity index is 152. The summed E-state index contributed by atoms with van der Waals surface area (Å²) in [6.45, 7) is 1.80. The van der Waals surface area contributed by atoms with Crippen molar-refractivity contribution in [2.75, 3.05) is 0 Å². The largest absolute Gasteiger partial charge is 0.222 e. The predicted molar refractivity (Wildman–Crippen MR) is 41.9 cm³/mol. The molecule has 0 aliphatic rings. The second kappa shape index (κ2) is 4.78. The van der Waals surface area contributed by atoms with Crippen molar-refractivity contribution in [2.24, 2.45) is 3.21 Å². The molecule has 0 N–H and O–H groups in total. The Hall–Kier alpha value is -0.370.